The van der Waals surface area contributed by atoms with E-state index in [9.17, 15) is 4.79 Å². The minimum absolute atomic E-state index is 0.235. The number of hydrogen-bond donors (Lipinski definition) is 0. The van der Waals surface area contributed by atoms with E-state index >= 15 is 0 Å². The van der Waals surface area contributed by atoms with Gasteiger partial charge in [0.05, 0.1) is 5.41 Å². The fourth-order valence-corrected chi connectivity index (χ4v) is 5.58. The molecular formula is C25H22O2. The van der Waals surface area contributed by atoms with Gasteiger partial charge in [0.15, 0.2) is 0 Å². The predicted molar refractivity (Wildman–Crippen MR) is 106 cm³/mol. The molecular weight excluding hydrogens is 332 g/mol. The highest BCUT2D eigenvalue weighted by Gasteiger charge is 2.56. The van der Waals surface area contributed by atoms with Crippen molar-refractivity contribution in [2.75, 3.05) is 0 Å². The van der Waals surface area contributed by atoms with E-state index in [1.165, 1.54) is 45.9 Å². The van der Waals surface area contributed by atoms with Crippen molar-refractivity contribution in [3.05, 3.63) is 106 Å². The first-order valence-electron chi connectivity index (χ1n) is 9.52. The molecule has 0 saturated carbocycles. The van der Waals surface area contributed by atoms with Gasteiger partial charge in [-0.15, -0.1) is 0 Å². The summed E-state index contributed by atoms with van der Waals surface area (Å²) in [5, 5.41) is 0. The summed E-state index contributed by atoms with van der Waals surface area (Å²) in [4.78, 5) is 12.0. The first kappa shape index (κ1) is 16.3. The van der Waals surface area contributed by atoms with Crippen LogP contribution in [0.25, 0.3) is 0 Å². The molecule has 3 aromatic carbocycles. The monoisotopic (exact) mass is 354 g/mol. The average molecular weight is 354 g/mol. The fourth-order valence-electron chi connectivity index (χ4n) is 5.58. The Hall–Kier alpha value is -2.87. The van der Waals surface area contributed by atoms with Crippen LogP contribution in [0.1, 0.15) is 58.7 Å². The van der Waals surface area contributed by atoms with Crippen LogP contribution in [0.2, 0.25) is 0 Å². The van der Waals surface area contributed by atoms with Gasteiger partial charge in [-0.2, -0.15) is 0 Å². The fraction of sp³-hybridized carbons (Fsp3) is 0.240. The summed E-state index contributed by atoms with van der Waals surface area (Å²) in [5.74, 6) is -0.00614. The summed E-state index contributed by atoms with van der Waals surface area (Å²) in [6, 6.07) is 23.9. The van der Waals surface area contributed by atoms with Crippen molar-refractivity contribution in [1.29, 1.82) is 0 Å². The minimum Gasteiger partial charge on any atom is -0.461 e. The van der Waals surface area contributed by atoms with Gasteiger partial charge in [-0.25, -0.2) is 0 Å². The highest BCUT2D eigenvalue weighted by molar-refractivity contribution is 5.75. The molecule has 0 aromatic heterocycles. The molecule has 1 unspecified atom stereocenters. The van der Waals surface area contributed by atoms with Crippen LogP contribution in [-0.4, -0.2) is 12.1 Å². The number of benzene rings is 3. The van der Waals surface area contributed by atoms with Gasteiger partial charge in [0.2, 0.25) is 0 Å². The molecule has 0 heterocycles. The maximum atomic E-state index is 12.0. The standard InChI is InChI=1S/C25H22O2/c1-15-9-8-12-20-23-18-10-4-6-13-21(18)25(24(15)20,16(2)27-17(3)26)22-14-7-5-11-19(22)23/h4-14,16,23H,1-3H3. The predicted octanol–water partition coefficient (Wildman–Crippen LogP) is 5.09. The van der Waals surface area contributed by atoms with Crippen molar-refractivity contribution in [3.8, 4) is 0 Å². The molecule has 2 nitrogen and oxygen atoms in total. The van der Waals surface area contributed by atoms with E-state index in [0.29, 0.717) is 0 Å². The van der Waals surface area contributed by atoms with E-state index in [1.807, 2.05) is 6.92 Å². The smallest absolute Gasteiger partial charge is 0.302 e. The highest BCUT2D eigenvalue weighted by Crippen LogP contribution is 2.61. The second-order valence-corrected chi connectivity index (χ2v) is 7.71. The number of ether oxygens (including phenoxy) is 1. The lowest BCUT2D eigenvalue weighted by atomic mass is 9.50. The van der Waals surface area contributed by atoms with Crippen LogP contribution in [0.5, 0.6) is 0 Å². The summed E-state index contributed by atoms with van der Waals surface area (Å²) in [7, 11) is 0. The molecule has 1 atom stereocenters. The second-order valence-electron chi connectivity index (χ2n) is 7.71. The van der Waals surface area contributed by atoms with E-state index in [0.717, 1.165) is 0 Å². The van der Waals surface area contributed by atoms with Crippen LogP contribution in [0, 0.1) is 6.92 Å². The highest BCUT2D eigenvalue weighted by atomic mass is 16.5. The Bertz CT molecular complexity index is 1030. The van der Waals surface area contributed by atoms with Crippen molar-refractivity contribution in [1.82, 2.24) is 0 Å². The Labute approximate surface area is 159 Å². The molecule has 0 radical (unpaired) electrons. The van der Waals surface area contributed by atoms with Gasteiger partial charge in [0, 0.05) is 12.8 Å². The number of aryl methyl sites for hydroxylation is 1. The molecule has 134 valence electrons. The van der Waals surface area contributed by atoms with E-state index in [2.05, 4.69) is 73.7 Å². The van der Waals surface area contributed by atoms with Gasteiger partial charge in [0.1, 0.15) is 6.10 Å². The molecule has 6 rings (SSSR count). The molecule has 0 N–H and O–H groups in total. The van der Waals surface area contributed by atoms with Crippen LogP contribution in [-0.2, 0) is 14.9 Å². The Morgan fingerprint density at radius 2 is 1.44 bits per heavy atom. The molecule has 27 heavy (non-hydrogen) atoms. The lowest BCUT2D eigenvalue weighted by molar-refractivity contribution is -0.147. The Balaban J connectivity index is 1.97. The zero-order valence-electron chi connectivity index (χ0n) is 15.8. The lowest BCUT2D eigenvalue weighted by Crippen LogP contribution is -2.50. The topological polar surface area (TPSA) is 26.3 Å². The third kappa shape index (κ3) is 1.93. The third-order valence-corrected chi connectivity index (χ3v) is 6.36. The van der Waals surface area contributed by atoms with Gasteiger partial charge in [-0.05, 0) is 52.8 Å². The first-order valence-corrected chi connectivity index (χ1v) is 9.52. The molecule has 2 heteroatoms. The quantitative estimate of drug-likeness (QED) is 0.599. The first-order chi connectivity index (χ1) is 13.1. The minimum atomic E-state index is -0.478. The van der Waals surface area contributed by atoms with Crippen molar-refractivity contribution in [2.45, 2.75) is 38.2 Å². The molecule has 2 bridgehead atoms. The van der Waals surface area contributed by atoms with Crippen LogP contribution < -0.4 is 0 Å². The number of hydrogen-bond acceptors (Lipinski definition) is 2. The van der Waals surface area contributed by atoms with E-state index in [4.69, 9.17) is 4.74 Å². The third-order valence-electron chi connectivity index (χ3n) is 6.36. The Morgan fingerprint density at radius 3 is 2.04 bits per heavy atom. The van der Waals surface area contributed by atoms with Gasteiger partial charge in [0.25, 0.3) is 0 Å². The molecule has 0 aliphatic heterocycles. The van der Waals surface area contributed by atoms with Crippen LogP contribution in [0.15, 0.2) is 66.7 Å². The zero-order chi connectivity index (χ0) is 18.8. The van der Waals surface area contributed by atoms with Gasteiger partial charge < -0.3 is 4.74 Å². The molecule has 0 amide bonds. The summed E-state index contributed by atoms with van der Waals surface area (Å²) >= 11 is 0. The molecule has 0 spiro atoms. The van der Waals surface area contributed by atoms with Gasteiger partial charge >= 0.3 is 5.97 Å². The summed E-state index contributed by atoms with van der Waals surface area (Å²) in [6.07, 6.45) is -0.307. The number of carbonyl (C=O) groups is 1. The lowest BCUT2D eigenvalue weighted by Gasteiger charge is -2.53. The normalized spacial score (nSPS) is 22.4. The molecule has 0 saturated heterocycles. The largest absolute Gasteiger partial charge is 0.461 e. The molecule has 3 aliphatic rings. The average Bonchev–Trinajstić information content (AvgIpc) is 2.67. The summed E-state index contributed by atoms with van der Waals surface area (Å²) < 4.78 is 5.90. The van der Waals surface area contributed by atoms with Crippen LogP contribution in [0.4, 0.5) is 0 Å². The number of esters is 1. The second kappa shape index (κ2) is 5.56. The SMILES string of the molecule is CC(=O)OC(C)C12c3ccccc3C(c3ccccc31)c1cccc(C)c12. The van der Waals surface area contributed by atoms with E-state index < -0.39 is 5.41 Å². The molecule has 0 fully saturated rings. The number of rotatable bonds is 2. The zero-order valence-corrected chi connectivity index (χ0v) is 15.8. The molecule has 3 aromatic rings. The van der Waals surface area contributed by atoms with E-state index in [1.54, 1.807) is 0 Å². The van der Waals surface area contributed by atoms with Crippen LogP contribution >= 0.6 is 0 Å². The van der Waals surface area contributed by atoms with Gasteiger partial charge in [-0.3, -0.25) is 4.79 Å². The summed E-state index contributed by atoms with van der Waals surface area (Å²) in [6.45, 7) is 5.71. The maximum Gasteiger partial charge on any atom is 0.302 e. The Morgan fingerprint density at radius 1 is 0.889 bits per heavy atom. The number of carbonyl (C=O) groups excluding carboxylic acids is 1. The van der Waals surface area contributed by atoms with Gasteiger partial charge in [-0.1, -0.05) is 66.7 Å². The van der Waals surface area contributed by atoms with Crippen molar-refractivity contribution in [2.24, 2.45) is 0 Å². The van der Waals surface area contributed by atoms with Crippen LogP contribution in [0.3, 0.4) is 0 Å². The van der Waals surface area contributed by atoms with Crippen molar-refractivity contribution >= 4 is 5.97 Å². The summed E-state index contributed by atoms with van der Waals surface area (Å²) in [5.41, 5.74) is 8.61. The molecule has 3 aliphatic carbocycles. The Kier molecular flexibility index (Phi) is 3.36. The van der Waals surface area contributed by atoms with E-state index in [-0.39, 0.29) is 18.0 Å². The maximum absolute atomic E-state index is 12.0. The van der Waals surface area contributed by atoms with Crippen molar-refractivity contribution in [3.63, 3.8) is 0 Å². The van der Waals surface area contributed by atoms with Crippen molar-refractivity contribution < 1.29 is 9.53 Å².